The molecule has 2 aromatic carbocycles. The Bertz CT molecular complexity index is 1420. The van der Waals surface area contributed by atoms with Gasteiger partial charge in [-0.05, 0) is 74.2 Å². The van der Waals surface area contributed by atoms with Gasteiger partial charge >= 0.3 is 0 Å². The molecule has 1 fully saturated rings. The summed E-state index contributed by atoms with van der Waals surface area (Å²) >= 11 is 6.10. The van der Waals surface area contributed by atoms with Crippen LogP contribution in [0.4, 0.5) is 23.4 Å². The molecule has 0 radical (unpaired) electrons. The molecule has 35 heavy (non-hydrogen) atoms. The van der Waals surface area contributed by atoms with Crippen LogP contribution in [0.3, 0.4) is 0 Å². The van der Waals surface area contributed by atoms with Gasteiger partial charge in [0, 0.05) is 33.7 Å². The number of hydrogen-bond acceptors (Lipinski definition) is 7. The molecule has 0 bridgehead atoms. The minimum Gasteiger partial charge on any atom is -0.324 e. The molecule has 0 spiro atoms. The minimum atomic E-state index is -2.33. The van der Waals surface area contributed by atoms with Crippen molar-refractivity contribution in [2.24, 2.45) is 0 Å². The molecule has 0 aliphatic heterocycles. The van der Waals surface area contributed by atoms with Crippen LogP contribution in [-0.4, -0.2) is 38.5 Å². The number of H-pyrrole nitrogens is 1. The van der Waals surface area contributed by atoms with Crippen molar-refractivity contribution in [1.82, 2.24) is 25.1 Å². The van der Waals surface area contributed by atoms with Gasteiger partial charge in [-0.15, -0.1) is 0 Å². The standard InChI is InChI=1S/C25H25ClN7OP/c1-35(2,34)20-11-9-19(10-12-20)27-24-28-22(13-6-16-4-3-5-18(26)14-16)29-25(31-24)30-23-15-21(32-33-23)17-7-8-17/h3-6,9-15,17H,7-8H2,1-2H3,(H3,27,28,29,30,31,32,33)/b13-6+. The number of nitrogens with one attached hydrogen (secondary N) is 3. The molecule has 2 heterocycles. The molecule has 3 N–H and O–H groups in total. The summed E-state index contributed by atoms with van der Waals surface area (Å²) in [5, 5.41) is 15.3. The van der Waals surface area contributed by atoms with E-state index < -0.39 is 7.14 Å². The number of halogens is 1. The van der Waals surface area contributed by atoms with Crippen LogP contribution < -0.4 is 15.9 Å². The molecule has 0 saturated heterocycles. The zero-order chi connectivity index (χ0) is 24.4. The molecule has 1 aliphatic rings. The summed E-state index contributed by atoms with van der Waals surface area (Å²) in [6.07, 6.45) is 6.06. The van der Waals surface area contributed by atoms with Gasteiger partial charge in [-0.25, -0.2) is 0 Å². The van der Waals surface area contributed by atoms with Gasteiger partial charge in [0.1, 0.15) is 7.14 Å². The molecule has 1 saturated carbocycles. The van der Waals surface area contributed by atoms with E-state index in [2.05, 4.69) is 35.8 Å². The van der Waals surface area contributed by atoms with Crippen molar-refractivity contribution in [2.45, 2.75) is 18.8 Å². The maximum atomic E-state index is 12.3. The van der Waals surface area contributed by atoms with E-state index in [1.165, 1.54) is 12.8 Å². The van der Waals surface area contributed by atoms with Crippen molar-refractivity contribution in [2.75, 3.05) is 24.0 Å². The fourth-order valence-electron chi connectivity index (χ4n) is 3.51. The summed E-state index contributed by atoms with van der Waals surface area (Å²) in [6, 6.07) is 17.0. The average molecular weight is 506 g/mol. The Balaban J connectivity index is 1.42. The van der Waals surface area contributed by atoms with Gasteiger partial charge in [0.05, 0.1) is 0 Å². The first-order valence-electron chi connectivity index (χ1n) is 11.3. The lowest BCUT2D eigenvalue weighted by Crippen LogP contribution is -2.07. The van der Waals surface area contributed by atoms with Gasteiger partial charge in [-0.3, -0.25) is 5.10 Å². The van der Waals surface area contributed by atoms with Gasteiger partial charge in [-0.1, -0.05) is 29.8 Å². The van der Waals surface area contributed by atoms with Crippen LogP contribution >= 0.6 is 18.7 Å². The first kappa shape index (κ1) is 23.3. The van der Waals surface area contributed by atoms with Crippen LogP contribution in [0.15, 0.2) is 54.6 Å². The Labute approximate surface area is 208 Å². The number of nitrogens with zero attached hydrogens (tertiary/aromatic N) is 4. The smallest absolute Gasteiger partial charge is 0.233 e. The van der Waals surface area contributed by atoms with E-state index in [1.807, 2.05) is 60.7 Å². The third kappa shape index (κ3) is 6.15. The first-order chi connectivity index (χ1) is 16.8. The van der Waals surface area contributed by atoms with Gasteiger partial charge in [0.2, 0.25) is 11.9 Å². The Kier molecular flexibility index (Phi) is 6.41. The molecule has 0 unspecified atom stereocenters. The lowest BCUT2D eigenvalue weighted by molar-refractivity contribution is 0.588. The second-order valence-electron chi connectivity index (χ2n) is 8.86. The van der Waals surface area contributed by atoms with E-state index in [1.54, 1.807) is 19.4 Å². The maximum Gasteiger partial charge on any atom is 0.233 e. The average Bonchev–Trinajstić information content (AvgIpc) is 3.56. The number of aromatic nitrogens is 5. The zero-order valence-electron chi connectivity index (χ0n) is 19.4. The molecule has 0 atom stereocenters. The normalized spacial score (nSPS) is 13.8. The van der Waals surface area contributed by atoms with Crippen molar-refractivity contribution in [3.05, 3.63) is 76.7 Å². The molecule has 4 aromatic rings. The summed E-state index contributed by atoms with van der Waals surface area (Å²) < 4.78 is 12.3. The topological polar surface area (TPSA) is 108 Å². The number of hydrogen-bond donors (Lipinski definition) is 3. The second kappa shape index (κ2) is 9.64. The monoisotopic (exact) mass is 505 g/mol. The number of rotatable bonds is 8. The molecule has 8 nitrogen and oxygen atoms in total. The highest BCUT2D eigenvalue weighted by molar-refractivity contribution is 7.70. The van der Waals surface area contributed by atoms with E-state index in [0.717, 1.165) is 22.2 Å². The van der Waals surface area contributed by atoms with Crippen LogP contribution in [0, 0.1) is 0 Å². The predicted molar refractivity (Wildman–Crippen MR) is 143 cm³/mol. The molecule has 0 amide bonds. The molecule has 5 rings (SSSR count). The van der Waals surface area contributed by atoms with Gasteiger partial charge in [0.15, 0.2) is 11.6 Å². The van der Waals surface area contributed by atoms with E-state index in [-0.39, 0.29) is 0 Å². The lowest BCUT2D eigenvalue weighted by atomic mass is 10.2. The van der Waals surface area contributed by atoms with Crippen LogP contribution in [-0.2, 0) is 4.57 Å². The summed E-state index contributed by atoms with van der Waals surface area (Å²) in [5.74, 6) is 2.42. The van der Waals surface area contributed by atoms with Crippen molar-refractivity contribution in [3.8, 4) is 0 Å². The van der Waals surface area contributed by atoms with Crippen molar-refractivity contribution < 1.29 is 4.57 Å². The van der Waals surface area contributed by atoms with Crippen LogP contribution in [0.25, 0.3) is 12.2 Å². The van der Waals surface area contributed by atoms with E-state index in [9.17, 15) is 4.57 Å². The van der Waals surface area contributed by atoms with Crippen LogP contribution in [0.1, 0.15) is 35.8 Å². The number of benzene rings is 2. The molecular formula is C25H25ClN7OP. The number of anilines is 4. The maximum absolute atomic E-state index is 12.3. The molecule has 1 aliphatic carbocycles. The van der Waals surface area contributed by atoms with E-state index in [4.69, 9.17) is 11.6 Å². The summed E-state index contributed by atoms with van der Waals surface area (Å²) in [4.78, 5) is 13.6. The highest BCUT2D eigenvalue weighted by atomic mass is 35.5. The Morgan fingerprint density at radius 1 is 0.971 bits per heavy atom. The molecule has 178 valence electrons. The SMILES string of the molecule is CP(C)(=O)c1ccc(Nc2nc(/C=C/c3cccc(Cl)c3)nc(Nc3cc(C4CC4)[nH]n3)n2)cc1. The summed E-state index contributed by atoms with van der Waals surface area (Å²) in [6.45, 7) is 3.50. The van der Waals surface area contributed by atoms with Crippen LogP contribution in [0.2, 0.25) is 5.02 Å². The Morgan fingerprint density at radius 3 is 2.40 bits per heavy atom. The molecule has 2 aromatic heterocycles. The van der Waals surface area contributed by atoms with Gasteiger partial charge in [-0.2, -0.15) is 20.1 Å². The van der Waals surface area contributed by atoms with Gasteiger partial charge in [0.25, 0.3) is 0 Å². The van der Waals surface area contributed by atoms with E-state index >= 15 is 0 Å². The second-order valence-corrected chi connectivity index (χ2v) is 12.5. The largest absolute Gasteiger partial charge is 0.324 e. The fourth-order valence-corrected chi connectivity index (χ4v) is 4.58. The Morgan fingerprint density at radius 2 is 1.71 bits per heavy atom. The van der Waals surface area contributed by atoms with Gasteiger partial charge < -0.3 is 15.2 Å². The third-order valence-electron chi connectivity index (χ3n) is 5.53. The quantitative estimate of drug-likeness (QED) is 0.251. The summed E-state index contributed by atoms with van der Waals surface area (Å²) in [5.41, 5.74) is 2.83. The van der Waals surface area contributed by atoms with Crippen LogP contribution in [0.5, 0.6) is 0 Å². The van der Waals surface area contributed by atoms with E-state index in [0.29, 0.717) is 34.5 Å². The Hall–Kier alpha value is -3.48. The third-order valence-corrected chi connectivity index (χ3v) is 7.30. The van der Waals surface area contributed by atoms with Crippen molar-refractivity contribution >= 4 is 59.6 Å². The zero-order valence-corrected chi connectivity index (χ0v) is 21.0. The highest BCUT2D eigenvalue weighted by Crippen LogP contribution is 2.39. The fraction of sp³-hybridized carbons (Fsp3) is 0.200. The molecule has 10 heteroatoms. The summed E-state index contributed by atoms with van der Waals surface area (Å²) in [7, 11) is -2.33. The highest BCUT2D eigenvalue weighted by Gasteiger charge is 2.25. The molecular weight excluding hydrogens is 481 g/mol. The predicted octanol–water partition coefficient (Wildman–Crippen LogP) is 6.03. The number of aromatic amines is 1. The minimum absolute atomic E-state index is 0.366. The lowest BCUT2D eigenvalue weighted by Gasteiger charge is -2.10. The first-order valence-corrected chi connectivity index (χ1v) is 14.2. The van der Waals surface area contributed by atoms with Crippen molar-refractivity contribution in [1.29, 1.82) is 0 Å². The van der Waals surface area contributed by atoms with Crippen molar-refractivity contribution in [3.63, 3.8) is 0 Å².